The van der Waals surface area contributed by atoms with Gasteiger partial charge in [-0.05, 0) is 42.9 Å². The minimum Gasteiger partial charge on any atom is -0.393 e. The molecule has 0 saturated heterocycles. The third-order valence-corrected chi connectivity index (χ3v) is 5.49. The van der Waals surface area contributed by atoms with Gasteiger partial charge in [-0.25, -0.2) is 0 Å². The van der Waals surface area contributed by atoms with E-state index in [-0.39, 0.29) is 6.61 Å². The molecule has 0 unspecified atom stereocenters. The Kier molecular flexibility index (Phi) is 4.39. The molecule has 2 heterocycles. The summed E-state index contributed by atoms with van der Waals surface area (Å²) in [6, 6.07) is 11.4. The molecule has 1 aliphatic heterocycles. The molecular formula is C19H25N3O2. The Morgan fingerprint density at radius 1 is 1.12 bits per heavy atom. The van der Waals surface area contributed by atoms with Crippen LogP contribution in [0.1, 0.15) is 41.5 Å². The third-order valence-electron chi connectivity index (χ3n) is 5.49. The lowest BCUT2D eigenvalue weighted by molar-refractivity contribution is 0.0912. The summed E-state index contributed by atoms with van der Waals surface area (Å²) in [7, 11) is 0. The smallest absolute Gasteiger partial charge is 0.121 e. The highest BCUT2D eigenvalue weighted by atomic mass is 16.3. The summed E-state index contributed by atoms with van der Waals surface area (Å²) < 4.78 is 1.98. The van der Waals surface area contributed by atoms with E-state index >= 15 is 0 Å². The SMILES string of the molecule is OC[C@@H](O)c1cc2n(n1)CCN(C1CCc3ccccc3CC1)C2. The normalized spacial score (nSPS) is 20.2. The molecule has 1 aromatic heterocycles. The van der Waals surface area contributed by atoms with Gasteiger partial charge in [0.25, 0.3) is 0 Å². The van der Waals surface area contributed by atoms with E-state index in [1.54, 1.807) is 0 Å². The van der Waals surface area contributed by atoms with Crippen LogP contribution in [-0.2, 0) is 25.9 Å². The van der Waals surface area contributed by atoms with Gasteiger partial charge in [0, 0.05) is 19.1 Å². The Labute approximate surface area is 142 Å². The number of hydrogen-bond acceptors (Lipinski definition) is 4. The van der Waals surface area contributed by atoms with Crippen LogP contribution in [0.2, 0.25) is 0 Å². The van der Waals surface area contributed by atoms with Crippen molar-refractivity contribution in [1.82, 2.24) is 14.7 Å². The quantitative estimate of drug-likeness (QED) is 0.842. The highest BCUT2D eigenvalue weighted by Gasteiger charge is 2.27. The van der Waals surface area contributed by atoms with Crippen LogP contribution in [0.4, 0.5) is 0 Å². The Morgan fingerprint density at radius 3 is 2.50 bits per heavy atom. The number of fused-ring (bicyclic) bond motifs is 2. The second-order valence-electron chi connectivity index (χ2n) is 6.95. The maximum atomic E-state index is 9.79. The van der Waals surface area contributed by atoms with Crippen molar-refractivity contribution in [2.45, 2.75) is 50.9 Å². The monoisotopic (exact) mass is 327 g/mol. The number of aryl methyl sites for hydroxylation is 2. The van der Waals surface area contributed by atoms with E-state index in [1.807, 2.05) is 10.7 Å². The molecule has 128 valence electrons. The largest absolute Gasteiger partial charge is 0.393 e. The highest BCUT2D eigenvalue weighted by Crippen LogP contribution is 2.27. The summed E-state index contributed by atoms with van der Waals surface area (Å²) in [5.74, 6) is 0. The first-order valence-electron chi connectivity index (χ1n) is 8.91. The molecule has 1 aromatic carbocycles. The summed E-state index contributed by atoms with van der Waals surface area (Å²) in [5.41, 5.74) is 4.75. The Bertz CT molecular complexity index is 685. The van der Waals surface area contributed by atoms with Crippen molar-refractivity contribution in [3.63, 3.8) is 0 Å². The van der Waals surface area contributed by atoms with Gasteiger partial charge in [-0.1, -0.05) is 24.3 Å². The zero-order chi connectivity index (χ0) is 16.5. The Hall–Kier alpha value is -1.69. The molecule has 2 N–H and O–H groups in total. The van der Waals surface area contributed by atoms with E-state index in [0.717, 1.165) is 38.2 Å². The molecule has 0 radical (unpaired) electrons. The third kappa shape index (κ3) is 2.99. The van der Waals surface area contributed by atoms with Crippen molar-refractivity contribution >= 4 is 0 Å². The van der Waals surface area contributed by atoms with Crippen molar-refractivity contribution in [1.29, 1.82) is 0 Å². The molecule has 24 heavy (non-hydrogen) atoms. The first-order valence-corrected chi connectivity index (χ1v) is 8.91. The molecule has 0 saturated carbocycles. The van der Waals surface area contributed by atoms with Crippen molar-refractivity contribution in [3.05, 3.63) is 52.8 Å². The van der Waals surface area contributed by atoms with Gasteiger partial charge in [-0.2, -0.15) is 5.10 Å². The van der Waals surface area contributed by atoms with E-state index in [1.165, 1.54) is 24.0 Å². The van der Waals surface area contributed by atoms with Gasteiger partial charge >= 0.3 is 0 Å². The van der Waals surface area contributed by atoms with Crippen molar-refractivity contribution < 1.29 is 10.2 Å². The molecule has 5 heteroatoms. The second-order valence-corrected chi connectivity index (χ2v) is 6.95. The fourth-order valence-electron chi connectivity index (χ4n) is 4.08. The molecule has 0 bridgehead atoms. The van der Waals surface area contributed by atoms with E-state index < -0.39 is 6.10 Å². The number of aliphatic hydroxyl groups excluding tert-OH is 2. The lowest BCUT2D eigenvalue weighted by atomic mass is 10.0. The van der Waals surface area contributed by atoms with E-state index in [9.17, 15) is 5.11 Å². The maximum absolute atomic E-state index is 9.79. The van der Waals surface area contributed by atoms with Gasteiger partial charge in [0.15, 0.2) is 0 Å². The minimum absolute atomic E-state index is 0.277. The average molecular weight is 327 g/mol. The molecular weight excluding hydrogens is 302 g/mol. The van der Waals surface area contributed by atoms with E-state index in [2.05, 4.69) is 34.3 Å². The van der Waals surface area contributed by atoms with Crippen LogP contribution >= 0.6 is 0 Å². The number of benzene rings is 1. The topological polar surface area (TPSA) is 61.5 Å². The van der Waals surface area contributed by atoms with Crippen molar-refractivity contribution in [3.8, 4) is 0 Å². The molecule has 0 fully saturated rings. The van der Waals surface area contributed by atoms with Gasteiger partial charge in [0.2, 0.25) is 0 Å². The van der Waals surface area contributed by atoms with E-state index in [4.69, 9.17) is 5.11 Å². The average Bonchev–Trinajstić information content (AvgIpc) is 2.93. The van der Waals surface area contributed by atoms with Crippen molar-refractivity contribution in [2.24, 2.45) is 0 Å². The molecule has 0 amide bonds. The fraction of sp³-hybridized carbons (Fsp3) is 0.526. The van der Waals surface area contributed by atoms with Crippen LogP contribution in [0.25, 0.3) is 0 Å². The van der Waals surface area contributed by atoms with Gasteiger partial charge in [-0.15, -0.1) is 0 Å². The van der Waals surface area contributed by atoms with Crippen LogP contribution in [0.15, 0.2) is 30.3 Å². The molecule has 4 rings (SSSR count). The van der Waals surface area contributed by atoms with Crippen LogP contribution in [0.3, 0.4) is 0 Å². The molecule has 2 aliphatic rings. The summed E-state index contributed by atoms with van der Waals surface area (Å²) in [5, 5.41) is 23.3. The first-order chi connectivity index (χ1) is 11.7. The standard InChI is InChI=1S/C19H25N3O2/c23-13-19(24)18-11-17-12-21(9-10-22(17)20-18)16-7-5-14-3-1-2-4-15(14)6-8-16/h1-4,11,16,19,23-24H,5-10,12-13H2/t19-/m1/s1. The molecule has 0 spiro atoms. The van der Waals surface area contributed by atoms with Gasteiger partial charge in [0.1, 0.15) is 6.10 Å². The number of aromatic nitrogens is 2. The maximum Gasteiger partial charge on any atom is 0.121 e. The molecule has 2 aromatic rings. The van der Waals surface area contributed by atoms with Gasteiger partial charge in [-0.3, -0.25) is 9.58 Å². The Morgan fingerprint density at radius 2 is 1.83 bits per heavy atom. The molecule has 1 atom stereocenters. The number of hydrogen-bond donors (Lipinski definition) is 2. The number of nitrogens with zero attached hydrogens (tertiary/aromatic N) is 3. The van der Waals surface area contributed by atoms with Gasteiger partial charge < -0.3 is 10.2 Å². The predicted octanol–water partition coefficient (Wildman–Crippen LogP) is 1.67. The lowest BCUT2D eigenvalue weighted by Crippen LogP contribution is -2.41. The summed E-state index contributed by atoms with van der Waals surface area (Å²) >= 11 is 0. The molecule has 1 aliphatic carbocycles. The van der Waals surface area contributed by atoms with Crippen LogP contribution < -0.4 is 0 Å². The van der Waals surface area contributed by atoms with Crippen molar-refractivity contribution in [2.75, 3.05) is 13.2 Å². The Balaban J connectivity index is 1.46. The number of aliphatic hydroxyl groups is 2. The highest BCUT2D eigenvalue weighted by molar-refractivity contribution is 5.28. The minimum atomic E-state index is -0.871. The summed E-state index contributed by atoms with van der Waals surface area (Å²) in [6.45, 7) is 2.47. The van der Waals surface area contributed by atoms with Crippen LogP contribution in [0.5, 0.6) is 0 Å². The van der Waals surface area contributed by atoms with Gasteiger partial charge in [0.05, 0.1) is 24.5 Å². The summed E-state index contributed by atoms with van der Waals surface area (Å²) in [4.78, 5) is 2.57. The predicted molar refractivity (Wildman–Crippen MR) is 91.6 cm³/mol. The van der Waals surface area contributed by atoms with Crippen LogP contribution in [0, 0.1) is 0 Å². The fourth-order valence-corrected chi connectivity index (χ4v) is 4.08. The lowest BCUT2D eigenvalue weighted by Gasteiger charge is -2.34. The second kappa shape index (κ2) is 6.67. The zero-order valence-corrected chi connectivity index (χ0v) is 13.9. The molecule has 5 nitrogen and oxygen atoms in total. The number of rotatable bonds is 3. The van der Waals surface area contributed by atoms with E-state index in [0.29, 0.717) is 11.7 Å². The van der Waals surface area contributed by atoms with Crippen LogP contribution in [-0.4, -0.2) is 44.1 Å². The zero-order valence-electron chi connectivity index (χ0n) is 13.9. The summed E-state index contributed by atoms with van der Waals surface area (Å²) in [6.07, 6.45) is 3.86. The first kappa shape index (κ1) is 15.8.